The van der Waals surface area contributed by atoms with Crippen molar-refractivity contribution in [2.24, 2.45) is 12.0 Å². The molecule has 0 aliphatic rings. The molecule has 0 fully saturated rings. The second-order valence-corrected chi connectivity index (χ2v) is 3.76. The number of carbonyl (C=O) groups excluding carboxylic acids is 1. The highest BCUT2D eigenvalue weighted by Crippen LogP contribution is 2.02. The molecule has 94 valence electrons. The van der Waals surface area contributed by atoms with Gasteiger partial charge >= 0.3 is 5.97 Å². The van der Waals surface area contributed by atoms with Gasteiger partial charge in [-0.05, 0) is 19.1 Å². The van der Waals surface area contributed by atoms with Crippen LogP contribution >= 0.6 is 11.6 Å². The highest BCUT2D eigenvalue weighted by molar-refractivity contribution is 6.30. The Morgan fingerprint density at radius 1 is 1.67 bits per heavy atom. The first-order valence-corrected chi connectivity index (χ1v) is 5.59. The van der Waals surface area contributed by atoms with Gasteiger partial charge in [-0.25, -0.2) is 9.79 Å². The molecule has 0 aromatic carbocycles. The van der Waals surface area contributed by atoms with Crippen molar-refractivity contribution >= 4 is 17.6 Å². The van der Waals surface area contributed by atoms with Crippen LogP contribution in [0.15, 0.2) is 35.1 Å². The first-order chi connectivity index (χ1) is 8.58. The molecule has 0 aliphatic heterocycles. The summed E-state index contributed by atoms with van der Waals surface area (Å²) in [6.07, 6.45) is 2.85. The zero-order chi connectivity index (χ0) is 13.5. The molecule has 0 N–H and O–H groups in total. The number of halogens is 1. The van der Waals surface area contributed by atoms with Gasteiger partial charge in [-0.15, -0.1) is 0 Å². The van der Waals surface area contributed by atoms with Crippen molar-refractivity contribution in [1.29, 1.82) is 5.26 Å². The molecule has 0 spiro atoms. The van der Waals surface area contributed by atoms with Gasteiger partial charge in [0.1, 0.15) is 11.6 Å². The van der Waals surface area contributed by atoms with Crippen LogP contribution in [-0.4, -0.2) is 17.1 Å². The summed E-state index contributed by atoms with van der Waals surface area (Å²) >= 11 is 5.79. The zero-order valence-corrected chi connectivity index (χ0v) is 10.8. The average Bonchev–Trinajstić information content (AvgIpc) is 2.32. The number of hydrogen-bond donors (Lipinski definition) is 0. The first-order valence-electron chi connectivity index (χ1n) is 5.22. The largest absolute Gasteiger partial charge is 0.462 e. The van der Waals surface area contributed by atoms with Crippen LogP contribution in [0.3, 0.4) is 0 Å². The highest BCUT2D eigenvalue weighted by Gasteiger charge is 2.08. The van der Waals surface area contributed by atoms with Crippen LogP contribution < -0.4 is 5.49 Å². The molecule has 0 saturated carbocycles. The molecular weight excluding hydrogens is 254 g/mol. The quantitative estimate of drug-likeness (QED) is 0.473. The van der Waals surface area contributed by atoms with Crippen molar-refractivity contribution in [3.05, 3.63) is 40.6 Å². The number of nitrogens with zero attached hydrogens (tertiary/aromatic N) is 3. The van der Waals surface area contributed by atoms with Gasteiger partial charge in [-0.3, -0.25) is 0 Å². The predicted molar refractivity (Wildman–Crippen MR) is 66.3 cm³/mol. The maximum absolute atomic E-state index is 11.3. The van der Waals surface area contributed by atoms with Crippen LogP contribution in [-0.2, 0) is 16.6 Å². The molecule has 0 amide bonds. The number of rotatable bonds is 3. The van der Waals surface area contributed by atoms with Gasteiger partial charge < -0.3 is 9.30 Å². The normalized spacial score (nSPS) is 12.1. The van der Waals surface area contributed by atoms with Crippen LogP contribution in [0.1, 0.15) is 6.92 Å². The Bertz CT molecular complexity index is 582. The summed E-state index contributed by atoms with van der Waals surface area (Å²) in [4.78, 5) is 15.4. The molecule has 0 atom stereocenters. The summed E-state index contributed by atoms with van der Waals surface area (Å²) in [5.74, 6) is -0.680. The van der Waals surface area contributed by atoms with Gasteiger partial charge in [-0.2, -0.15) is 5.26 Å². The second kappa shape index (κ2) is 6.62. The second-order valence-electron chi connectivity index (χ2n) is 3.32. The molecule has 1 heterocycles. The number of nitriles is 1. The molecule has 6 heteroatoms. The Morgan fingerprint density at radius 2 is 2.39 bits per heavy atom. The van der Waals surface area contributed by atoms with Gasteiger partial charge in [0.05, 0.1) is 17.8 Å². The van der Waals surface area contributed by atoms with Gasteiger partial charge in [0, 0.05) is 13.2 Å². The fraction of sp³-hybridized carbons (Fsp3) is 0.250. The molecule has 1 aromatic heterocycles. The summed E-state index contributed by atoms with van der Waals surface area (Å²) < 4.78 is 6.39. The number of pyridine rings is 1. The van der Waals surface area contributed by atoms with Crippen molar-refractivity contribution in [1.82, 2.24) is 4.57 Å². The van der Waals surface area contributed by atoms with Crippen LogP contribution in [0.2, 0.25) is 5.02 Å². The number of hydrogen-bond acceptors (Lipinski definition) is 4. The van der Waals surface area contributed by atoms with E-state index in [9.17, 15) is 4.79 Å². The average molecular weight is 266 g/mol. The zero-order valence-electron chi connectivity index (χ0n) is 10.1. The van der Waals surface area contributed by atoms with E-state index in [1.807, 2.05) is 0 Å². The predicted octanol–water partition coefficient (Wildman–Crippen LogP) is 1.55. The van der Waals surface area contributed by atoms with E-state index in [4.69, 9.17) is 21.6 Å². The minimum absolute atomic E-state index is 0.146. The Morgan fingerprint density at radius 3 is 2.94 bits per heavy atom. The van der Waals surface area contributed by atoms with E-state index in [0.717, 1.165) is 0 Å². The lowest BCUT2D eigenvalue weighted by Crippen LogP contribution is -2.16. The van der Waals surface area contributed by atoms with E-state index in [0.29, 0.717) is 10.5 Å². The van der Waals surface area contributed by atoms with E-state index >= 15 is 0 Å². The van der Waals surface area contributed by atoms with Gasteiger partial charge in [0.15, 0.2) is 5.57 Å². The summed E-state index contributed by atoms with van der Waals surface area (Å²) in [5, 5.41) is 9.38. The van der Waals surface area contributed by atoms with Crippen molar-refractivity contribution < 1.29 is 9.53 Å². The van der Waals surface area contributed by atoms with E-state index in [2.05, 4.69) is 4.99 Å². The molecule has 0 bridgehead atoms. The number of aryl methyl sites for hydroxylation is 1. The highest BCUT2D eigenvalue weighted by atomic mass is 35.5. The summed E-state index contributed by atoms with van der Waals surface area (Å²) in [6.45, 7) is 1.88. The molecule has 1 rings (SSSR count). The fourth-order valence-corrected chi connectivity index (χ4v) is 1.38. The lowest BCUT2D eigenvalue weighted by atomic mass is 10.3. The molecule has 0 aliphatic carbocycles. The van der Waals surface area contributed by atoms with Crippen molar-refractivity contribution in [2.45, 2.75) is 6.92 Å². The number of aromatic nitrogens is 1. The Hall–Kier alpha value is -2.06. The van der Waals surface area contributed by atoms with Crippen molar-refractivity contribution in [3.63, 3.8) is 0 Å². The molecule has 0 saturated heterocycles. The molecule has 5 nitrogen and oxygen atoms in total. The van der Waals surface area contributed by atoms with Gasteiger partial charge in [-0.1, -0.05) is 11.6 Å². The first kappa shape index (κ1) is 14.0. The van der Waals surface area contributed by atoms with Gasteiger partial charge in [0.25, 0.3) is 0 Å². The third kappa shape index (κ3) is 3.75. The number of esters is 1. The van der Waals surface area contributed by atoms with E-state index in [-0.39, 0.29) is 12.2 Å². The van der Waals surface area contributed by atoms with Crippen LogP contribution in [0.4, 0.5) is 0 Å². The topological polar surface area (TPSA) is 67.4 Å². The maximum atomic E-state index is 11.3. The lowest BCUT2D eigenvalue weighted by Gasteiger charge is -1.99. The minimum atomic E-state index is -0.680. The SMILES string of the molecule is CCOC(=O)/C(C#N)=C\N=c1ccc(Cl)cn1C. The van der Waals surface area contributed by atoms with Crippen LogP contribution in [0.5, 0.6) is 0 Å². The lowest BCUT2D eigenvalue weighted by molar-refractivity contribution is -0.138. The van der Waals surface area contributed by atoms with E-state index < -0.39 is 5.97 Å². The van der Waals surface area contributed by atoms with Gasteiger partial charge in [0.2, 0.25) is 0 Å². The van der Waals surface area contributed by atoms with Crippen LogP contribution in [0, 0.1) is 11.3 Å². The third-order valence-electron chi connectivity index (χ3n) is 2.01. The number of ether oxygens (including phenoxy) is 1. The molecular formula is C12H12ClN3O2. The Balaban J connectivity index is 3.09. The molecule has 1 aromatic rings. The van der Waals surface area contributed by atoms with Crippen molar-refractivity contribution in [3.8, 4) is 6.07 Å². The summed E-state index contributed by atoms with van der Waals surface area (Å²) in [5.41, 5.74) is 0.420. The Labute approximate surface area is 110 Å². The molecule has 0 unspecified atom stereocenters. The molecule has 18 heavy (non-hydrogen) atoms. The minimum Gasteiger partial charge on any atom is -0.462 e. The summed E-state index contributed by atoms with van der Waals surface area (Å²) in [6, 6.07) is 5.10. The standard InChI is InChI=1S/C12H12ClN3O2/c1-3-18-12(17)9(6-14)7-15-11-5-4-10(13)8-16(11)2/h4-5,7-8H,3H2,1-2H3/b9-7-,15-11?. The fourth-order valence-electron chi connectivity index (χ4n) is 1.17. The Kier molecular flexibility index (Phi) is 5.15. The van der Waals surface area contributed by atoms with E-state index in [1.165, 1.54) is 6.20 Å². The maximum Gasteiger partial charge on any atom is 0.350 e. The van der Waals surface area contributed by atoms with Crippen molar-refractivity contribution in [2.75, 3.05) is 6.61 Å². The summed E-state index contributed by atoms with van der Waals surface area (Å²) in [7, 11) is 1.76. The number of carbonyl (C=O) groups is 1. The van der Waals surface area contributed by atoms with E-state index in [1.54, 1.807) is 42.9 Å². The molecule has 0 radical (unpaired) electrons. The smallest absolute Gasteiger partial charge is 0.350 e. The van der Waals surface area contributed by atoms with Crippen LogP contribution in [0.25, 0.3) is 0 Å². The third-order valence-corrected chi connectivity index (χ3v) is 2.24. The monoisotopic (exact) mass is 265 g/mol.